The van der Waals surface area contributed by atoms with Gasteiger partial charge in [-0.15, -0.1) is 0 Å². The lowest BCUT2D eigenvalue weighted by atomic mass is 10.1. The number of anilines is 1. The number of morpholine rings is 1. The molecule has 0 saturated carbocycles. The van der Waals surface area contributed by atoms with Crippen molar-refractivity contribution < 1.29 is 17.9 Å². The van der Waals surface area contributed by atoms with Crippen molar-refractivity contribution in [3.8, 4) is 0 Å². The Balaban J connectivity index is 1.43. The highest BCUT2D eigenvalue weighted by Crippen LogP contribution is 2.32. The van der Waals surface area contributed by atoms with E-state index < -0.39 is 10.0 Å². The molecule has 5 rings (SSSR count). The molecule has 2 heterocycles. The number of hydrogen-bond acceptors (Lipinski definition) is 5. The number of sulfonamides is 1. The summed E-state index contributed by atoms with van der Waals surface area (Å²) in [6.45, 7) is 1.84. The molecule has 0 radical (unpaired) electrons. The minimum absolute atomic E-state index is 0.195. The molecule has 0 aromatic heterocycles. The zero-order valence-electron chi connectivity index (χ0n) is 18.2. The number of rotatable bonds is 5. The largest absolute Gasteiger partial charge is 0.379 e. The van der Waals surface area contributed by atoms with Crippen molar-refractivity contribution >= 4 is 44.6 Å². The van der Waals surface area contributed by atoms with Gasteiger partial charge in [0.15, 0.2) is 0 Å². The molecule has 9 heteroatoms. The molecule has 174 valence electrons. The van der Waals surface area contributed by atoms with Crippen LogP contribution in [0.2, 0.25) is 5.02 Å². The van der Waals surface area contributed by atoms with Gasteiger partial charge in [0.05, 0.1) is 36.0 Å². The first-order valence-electron chi connectivity index (χ1n) is 10.9. The highest BCUT2D eigenvalue weighted by atomic mass is 35.5. The molecule has 0 atom stereocenters. The predicted molar refractivity (Wildman–Crippen MR) is 131 cm³/mol. The maximum atomic E-state index is 13.3. The van der Waals surface area contributed by atoms with Crippen molar-refractivity contribution in [1.29, 1.82) is 0 Å². The molecule has 0 unspecified atom stereocenters. The van der Waals surface area contributed by atoms with Crippen LogP contribution in [0.5, 0.6) is 0 Å². The van der Waals surface area contributed by atoms with Crippen LogP contribution in [0.25, 0.3) is 0 Å². The zero-order chi connectivity index (χ0) is 23.7. The molecule has 0 bridgehead atoms. The molecular weight excluding hydrogens is 474 g/mol. The van der Waals surface area contributed by atoms with Crippen LogP contribution in [-0.2, 0) is 26.1 Å². The third kappa shape index (κ3) is 4.37. The number of fused-ring (bicyclic) bond motifs is 1. The number of carbonyl (C=O) groups is 1. The summed E-state index contributed by atoms with van der Waals surface area (Å²) in [6, 6.07) is 21.2. The number of nitrogens with zero attached hydrogens (tertiary/aromatic N) is 3. The van der Waals surface area contributed by atoms with Crippen LogP contribution >= 0.6 is 11.6 Å². The molecule has 1 fully saturated rings. The van der Waals surface area contributed by atoms with E-state index >= 15 is 0 Å². The van der Waals surface area contributed by atoms with E-state index in [4.69, 9.17) is 16.3 Å². The summed E-state index contributed by atoms with van der Waals surface area (Å²) in [6.07, 6.45) is 0. The van der Waals surface area contributed by atoms with E-state index in [-0.39, 0.29) is 10.8 Å². The van der Waals surface area contributed by atoms with Gasteiger partial charge in [0, 0.05) is 23.7 Å². The minimum Gasteiger partial charge on any atom is -0.379 e. The van der Waals surface area contributed by atoms with Crippen LogP contribution < -0.4 is 4.90 Å². The molecule has 0 N–H and O–H groups in total. The van der Waals surface area contributed by atoms with Crippen LogP contribution in [-0.4, -0.2) is 50.6 Å². The van der Waals surface area contributed by atoms with Crippen molar-refractivity contribution in [2.45, 2.75) is 11.4 Å². The van der Waals surface area contributed by atoms with Crippen LogP contribution in [0.3, 0.4) is 0 Å². The van der Waals surface area contributed by atoms with Gasteiger partial charge in [-0.3, -0.25) is 4.79 Å². The Morgan fingerprint density at radius 2 is 1.59 bits per heavy atom. The number of para-hydroxylation sites is 1. The van der Waals surface area contributed by atoms with E-state index in [1.807, 2.05) is 36.4 Å². The SMILES string of the molecule is O=C1C(=Nc2ccc(S(=O)(=O)N3CCOCC3)cc2)c2ccccc2N1Cc1ccc(Cl)cc1. The van der Waals surface area contributed by atoms with Gasteiger partial charge >= 0.3 is 0 Å². The van der Waals surface area contributed by atoms with E-state index in [1.54, 1.807) is 29.2 Å². The summed E-state index contributed by atoms with van der Waals surface area (Å²) in [5, 5.41) is 0.637. The van der Waals surface area contributed by atoms with E-state index in [0.717, 1.165) is 16.8 Å². The molecule has 2 aliphatic heterocycles. The average Bonchev–Trinajstić information content (AvgIpc) is 3.12. The Morgan fingerprint density at radius 3 is 2.29 bits per heavy atom. The fourth-order valence-corrected chi connectivity index (χ4v) is 5.59. The first-order valence-corrected chi connectivity index (χ1v) is 12.7. The maximum absolute atomic E-state index is 13.3. The first kappa shape index (κ1) is 22.7. The van der Waals surface area contributed by atoms with Gasteiger partial charge in [0.25, 0.3) is 5.91 Å². The van der Waals surface area contributed by atoms with E-state index in [2.05, 4.69) is 4.99 Å². The predicted octanol–water partition coefficient (Wildman–Crippen LogP) is 4.03. The summed E-state index contributed by atoms with van der Waals surface area (Å²) >= 11 is 5.99. The van der Waals surface area contributed by atoms with Crippen molar-refractivity contribution in [1.82, 2.24) is 4.31 Å². The number of ether oxygens (including phenoxy) is 1. The number of amides is 1. The quantitative estimate of drug-likeness (QED) is 0.535. The lowest BCUT2D eigenvalue weighted by molar-refractivity contribution is -0.112. The molecule has 7 nitrogen and oxygen atoms in total. The van der Waals surface area contributed by atoms with Crippen LogP contribution in [0.4, 0.5) is 11.4 Å². The van der Waals surface area contributed by atoms with Crippen molar-refractivity contribution in [3.63, 3.8) is 0 Å². The fraction of sp³-hybridized carbons (Fsp3) is 0.200. The van der Waals surface area contributed by atoms with Crippen LogP contribution in [0.15, 0.2) is 82.7 Å². The highest BCUT2D eigenvalue weighted by molar-refractivity contribution is 7.89. The molecule has 3 aromatic carbocycles. The van der Waals surface area contributed by atoms with Gasteiger partial charge in [0.1, 0.15) is 5.71 Å². The van der Waals surface area contributed by atoms with Gasteiger partial charge in [-0.25, -0.2) is 13.4 Å². The topological polar surface area (TPSA) is 79.3 Å². The molecule has 2 aliphatic rings. The molecule has 1 amide bonds. The molecule has 34 heavy (non-hydrogen) atoms. The summed E-state index contributed by atoms with van der Waals surface area (Å²) in [5.41, 5.74) is 3.31. The summed E-state index contributed by atoms with van der Waals surface area (Å²) < 4.78 is 32.4. The number of carbonyl (C=O) groups excluding carboxylic acids is 1. The van der Waals surface area contributed by atoms with Crippen molar-refractivity contribution in [3.05, 3.63) is 88.9 Å². The van der Waals surface area contributed by atoms with E-state index in [1.165, 1.54) is 16.4 Å². The normalized spacial score (nSPS) is 17.9. The molecule has 1 saturated heterocycles. The third-order valence-corrected chi connectivity index (χ3v) is 8.00. The Labute approximate surface area is 203 Å². The smallest absolute Gasteiger partial charge is 0.277 e. The van der Waals surface area contributed by atoms with Gasteiger partial charge in [-0.1, -0.05) is 41.9 Å². The third-order valence-electron chi connectivity index (χ3n) is 5.84. The summed E-state index contributed by atoms with van der Waals surface area (Å²) in [5.74, 6) is -0.207. The average molecular weight is 496 g/mol. The number of aliphatic imine (C=N–C) groups is 1. The minimum atomic E-state index is -3.59. The van der Waals surface area contributed by atoms with Gasteiger partial charge in [-0.05, 0) is 48.0 Å². The van der Waals surface area contributed by atoms with Crippen molar-refractivity contribution in [2.75, 3.05) is 31.2 Å². The maximum Gasteiger partial charge on any atom is 0.277 e. The zero-order valence-corrected chi connectivity index (χ0v) is 19.8. The standard InChI is InChI=1S/C25H22ClN3O4S/c26-19-7-5-18(6-8-19)17-29-23-4-2-1-3-22(23)24(25(29)30)27-20-9-11-21(12-10-20)34(31,32)28-13-15-33-16-14-28/h1-12H,13-17H2. The Hall–Kier alpha value is -3.04. The second kappa shape index (κ2) is 9.31. The second-order valence-electron chi connectivity index (χ2n) is 8.01. The molecular formula is C25H22ClN3O4S. The highest BCUT2D eigenvalue weighted by Gasteiger charge is 2.34. The Morgan fingerprint density at radius 1 is 0.912 bits per heavy atom. The monoisotopic (exact) mass is 495 g/mol. The number of benzene rings is 3. The van der Waals surface area contributed by atoms with E-state index in [0.29, 0.717) is 49.3 Å². The Bertz CT molecular complexity index is 1350. The molecule has 0 spiro atoms. The molecule has 0 aliphatic carbocycles. The van der Waals surface area contributed by atoms with E-state index in [9.17, 15) is 13.2 Å². The fourth-order valence-electron chi connectivity index (χ4n) is 4.06. The lowest BCUT2D eigenvalue weighted by Gasteiger charge is -2.26. The van der Waals surface area contributed by atoms with Gasteiger partial charge in [-0.2, -0.15) is 4.31 Å². The second-order valence-corrected chi connectivity index (χ2v) is 10.4. The number of hydrogen-bond donors (Lipinski definition) is 0. The number of halogens is 1. The summed E-state index contributed by atoms with van der Waals surface area (Å²) in [4.78, 5) is 19.8. The van der Waals surface area contributed by atoms with Gasteiger partial charge < -0.3 is 9.64 Å². The summed E-state index contributed by atoms with van der Waals surface area (Å²) in [7, 11) is -3.59. The molecule has 3 aromatic rings. The van der Waals surface area contributed by atoms with Crippen LogP contribution in [0.1, 0.15) is 11.1 Å². The van der Waals surface area contributed by atoms with Crippen LogP contribution in [0, 0.1) is 0 Å². The van der Waals surface area contributed by atoms with Crippen molar-refractivity contribution in [2.24, 2.45) is 4.99 Å². The Kier molecular flexibility index (Phi) is 6.22. The first-order chi connectivity index (χ1) is 16.4. The van der Waals surface area contributed by atoms with Gasteiger partial charge in [0.2, 0.25) is 10.0 Å². The lowest BCUT2D eigenvalue weighted by Crippen LogP contribution is -2.40.